The number of hydrogen-bond acceptors (Lipinski definition) is 3. The van der Waals surface area contributed by atoms with E-state index in [0.29, 0.717) is 0 Å². The van der Waals surface area contributed by atoms with E-state index in [1.807, 2.05) is 0 Å². The molecule has 2 heterocycles. The van der Waals surface area contributed by atoms with Crippen LogP contribution in [0.5, 0.6) is 0 Å². The Balaban J connectivity index is 1.83. The molecule has 0 radical (unpaired) electrons. The van der Waals surface area contributed by atoms with E-state index in [2.05, 4.69) is 22.2 Å². The minimum absolute atomic E-state index is 0.835. The Labute approximate surface area is 93.8 Å². The molecule has 15 heavy (non-hydrogen) atoms. The fourth-order valence-electron chi connectivity index (χ4n) is 2.85. The number of likely N-dealkylation sites (tertiary alicyclic amines) is 1. The first-order chi connectivity index (χ1) is 7.36. The molecule has 88 valence electrons. The first-order valence-corrected chi connectivity index (χ1v) is 6.49. The maximum Gasteiger partial charge on any atom is 0.0223 e. The summed E-state index contributed by atoms with van der Waals surface area (Å²) in [6, 6.07) is 0.835. The molecule has 3 heteroatoms. The van der Waals surface area contributed by atoms with Crippen molar-refractivity contribution in [2.45, 2.75) is 31.7 Å². The van der Waals surface area contributed by atoms with Crippen LogP contribution in [-0.4, -0.2) is 62.2 Å². The van der Waals surface area contributed by atoms with Crippen molar-refractivity contribution in [3.05, 3.63) is 0 Å². The normalized spacial score (nSPS) is 32.2. The second kappa shape index (κ2) is 5.83. The minimum atomic E-state index is 0.835. The fraction of sp³-hybridized carbons (Fsp3) is 1.00. The largest absolute Gasteiger partial charge is 0.317 e. The van der Waals surface area contributed by atoms with Gasteiger partial charge < -0.3 is 10.2 Å². The number of nitrogens with zero attached hydrogens (tertiary/aromatic N) is 2. The van der Waals surface area contributed by atoms with E-state index < -0.39 is 0 Å². The summed E-state index contributed by atoms with van der Waals surface area (Å²) in [5.41, 5.74) is 0. The van der Waals surface area contributed by atoms with Gasteiger partial charge in [0.05, 0.1) is 0 Å². The van der Waals surface area contributed by atoms with E-state index in [-0.39, 0.29) is 0 Å². The zero-order valence-electron chi connectivity index (χ0n) is 10.0. The Morgan fingerprint density at radius 2 is 1.73 bits per heavy atom. The first kappa shape index (κ1) is 11.4. The lowest BCUT2D eigenvalue weighted by molar-refractivity contribution is 0.106. The van der Waals surface area contributed by atoms with Gasteiger partial charge in [-0.2, -0.15) is 0 Å². The molecule has 1 atom stereocenters. The van der Waals surface area contributed by atoms with E-state index in [0.717, 1.165) is 6.04 Å². The average molecular weight is 211 g/mol. The molecule has 0 bridgehead atoms. The van der Waals surface area contributed by atoms with Crippen LogP contribution in [0, 0.1) is 0 Å². The van der Waals surface area contributed by atoms with Crippen LogP contribution in [0.4, 0.5) is 0 Å². The summed E-state index contributed by atoms with van der Waals surface area (Å²) >= 11 is 0. The number of rotatable bonds is 1. The predicted molar refractivity (Wildman–Crippen MR) is 64.2 cm³/mol. The zero-order chi connectivity index (χ0) is 10.5. The third-order valence-corrected chi connectivity index (χ3v) is 3.71. The predicted octanol–water partition coefficient (Wildman–Crippen LogP) is 0.766. The van der Waals surface area contributed by atoms with Gasteiger partial charge in [0.1, 0.15) is 0 Å². The van der Waals surface area contributed by atoms with Gasteiger partial charge in [0, 0.05) is 12.6 Å². The Morgan fingerprint density at radius 3 is 2.40 bits per heavy atom. The summed E-state index contributed by atoms with van der Waals surface area (Å²) in [6.45, 7) is 7.59. The summed E-state index contributed by atoms with van der Waals surface area (Å²) in [5.74, 6) is 0. The van der Waals surface area contributed by atoms with Gasteiger partial charge in [-0.1, -0.05) is 0 Å². The van der Waals surface area contributed by atoms with E-state index in [4.69, 9.17) is 0 Å². The van der Waals surface area contributed by atoms with E-state index in [1.165, 1.54) is 65.0 Å². The second-order valence-electron chi connectivity index (χ2n) is 5.05. The molecule has 3 nitrogen and oxygen atoms in total. The van der Waals surface area contributed by atoms with Gasteiger partial charge in [0.2, 0.25) is 0 Å². The molecule has 0 saturated carbocycles. The van der Waals surface area contributed by atoms with Crippen molar-refractivity contribution in [2.75, 3.05) is 46.3 Å². The maximum atomic E-state index is 3.48. The average Bonchev–Trinajstić information content (AvgIpc) is 2.16. The van der Waals surface area contributed by atoms with Gasteiger partial charge >= 0.3 is 0 Å². The molecular formula is C12H25N3. The SMILES string of the molecule is CN1CCCC(N2CCCNCCC2)C1. The van der Waals surface area contributed by atoms with Crippen molar-refractivity contribution < 1.29 is 0 Å². The molecule has 0 aliphatic carbocycles. The molecule has 2 fully saturated rings. The third kappa shape index (κ3) is 3.44. The summed E-state index contributed by atoms with van der Waals surface area (Å²) < 4.78 is 0. The van der Waals surface area contributed by atoms with Gasteiger partial charge in [-0.15, -0.1) is 0 Å². The van der Waals surface area contributed by atoms with Crippen molar-refractivity contribution in [2.24, 2.45) is 0 Å². The first-order valence-electron chi connectivity index (χ1n) is 6.49. The maximum absolute atomic E-state index is 3.48. The fourth-order valence-corrected chi connectivity index (χ4v) is 2.85. The quantitative estimate of drug-likeness (QED) is 0.691. The zero-order valence-corrected chi connectivity index (χ0v) is 10.0. The van der Waals surface area contributed by atoms with Gasteiger partial charge in [-0.25, -0.2) is 0 Å². The Bertz CT molecular complexity index is 176. The monoisotopic (exact) mass is 211 g/mol. The van der Waals surface area contributed by atoms with Gasteiger partial charge in [-0.05, 0) is 65.5 Å². The number of hydrogen-bond donors (Lipinski definition) is 1. The van der Waals surface area contributed by atoms with Crippen molar-refractivity contribution >= 4 is 0 Å². The van der Waals surface area contributed by atoms with Crippen LogP contribution >= 0.6 is 0 Å². The van der Waals surface area contributed by atoms with E-state index in [9.17, 15) is 0 Å². The summed E-state index contributed by atoms with van der Waals surface area (Å²) in [6.07, 6.45) is 5.44. The third-order valence-electron chi connectivity index (χ3n) is 3.71. The molecule has 0 aromatic heterocycles. The Hall–Kier alpha value is -0.120. The highest BCUT2D eigenvalue weighted by Crippen LogP contribution is 2.15. The van der Waals surface area contributed by atoms with Crippen LogP contribution < -0.4 is 5.32 Å². The highest BCUT2D eigenvalue weighted by atomic mass is 15.2. The molecule has 0 amide bonds. The minimum Gasteiger partial charge on any atom is -0.317 e. The smallest absolute Gasteiger partial charge is 0.0223 e. The van der Waals surface area contributed by atoms with Crippen LogP contribution in [0.15, 0.2) is 0 Å². The molecule has 0 aromatic carbocycles. The summed E-state index contributed by atoms with van der Waals surface area (Å²) in [4.78, 5) is 5.22. The lowest BCUT2D eigenvalue weighted by Gasteiger charge is -2.38. The lowest BCUT2D eigenvalue weighted by Crippen LogP contribution is -2.48. The Kier molecular flexibility index (Phi) is 4.42. The summed E-state index contributed by atoms with van der Waals surface area (Å²) in [7, 11) is 2.26. The van der Waals surface area contributed by atoms with Crippen LogP contribution in [0.1, 0.15) is 25.7 Å². The molecule has 1 unspecified atom stereocenters. The molecule has 2 aliphatic heterocycles. The molecular weight excluding hydrogens is 186 g/mol. The van der Waals surface area contributed by atoms with Gasteiger partial charge in [0.15, 0.2) is 0 Å². The van der Waals surface area contributed by atoms with Crippen LogP contribution in [0.2, 0.25) is 0 Å². The molecule has 2 rings (SSSR count). The molecule has 2 saturated heterocycles. The van der Waals surface area contributed by atoms with Crippen LogP contribution in [0.25, 0.3) is 0 Å². The lowest BCUT2D eigenvalue weighted by atomic mass is 10.0. The van der Waals surface area contributed by atoms with Crippen molar-refractivity contribution in [3.8, 4) is 0 Å². The van der Waals surface area contributed by atoms with E-state index in [1.54, 1.807) is 0 Å². The highest BCUT2D eigenvalue weighted by Gasteiger charge is 2.23. The van der Waals surface area contributed by atoms with Gasteiger partial charge in [-0.3, -0.25) is 4.90 Å². The number of likely N-dealkylation sites (N-methyl/N-ethyl adjacent to an activating group) is 1. The van der Waals surface area contributed by atoms with Crippen molar-refractivity contribution in [1.29, 1.82) is 0 Å². The van der Waals surface area contributed by atoms with Crippen LogP contribution in [0.3, 0.4) is 0 Å². The molecule has 0 spiro atoms. The second-order valence-corrected chi connectivity index (χ2v) is 5.05. The molecule has 1 N–H and O–H groups in total. The molecule has 0 aromatic rings. The Morgan fingerprint density at radius 1 is 1.00 bits per heavy atom. The summed E-state index contributed by atoms with van der Waals surface area (Å²) in [5, 5.41) is 3.48. The van der Waals surface area contributed by atoms with Crippen molar-refractivity contribution in [1.82, 2.24) is 15.1 Å². The van der Waals surface area contributed by atoms with Crippen molar-refractivity contribution in [3.63, 3.8) is 0 Å². The number of nitrogens with one attached hydrogen (secondary N) is 1. The number of piperidine rings is 1. The molecule has 2 aliphatic rings. The van der Waals surface area contributed by atoms with Gasteiger partial charge in [0.25, 0.3) is 0 Å². The van der Waals surface area contributed by atoms with E-state index >= 15 is 0 Å². The highest BCUT2D eigenvalue weighted by molar-refractivity contribution is 4.80. The topological polar surface area (TPSA) is 18.5 Å². The standard InChI is InChI=1S/C12H25N3/c1-14-8-2-5-12(11-14)15-9-3-6-13-7-4-10-15/h12-13H,2-11H2,1H3. The van der Waals surface area contributed by atoms with Crippen LogP contribution in [-0.2, 0) is 0 Å².